The largest absolute Gasteiger partial charge is 0.481 e. The van der Waals surface area contributed by atoms with Crippen LogP contribution in [0, 0.1) is 5.92 Å². The highest BCUT2D eigenvalue weighted by molar-refractivity contribution is 9.10. The highest BCUT2D eigenvalue weighted by Crippen LogP contribution is 2.27. The summed E-state index contributed by atoms with van der Waals surface area (Å²) in [7, 11) is 0. The third-order valence-corrected chi connectivity index (χ3v) is 4.53. The van der Waals surface area contributed by atoms with Gasteiger partial charge in [-0.2, -0.15) is 0 Å². The van der Waals surface area contributed by atoms with Gasteiger partial charge >= 0.3 is 12.0 Å². The van der Waals surface area contributed by atoms with Gasteiger partial charge in [0.25, 0.3) is 0 Å². The van der Waals surface area contributed by atoms with Crippen molar-refractivity contribution in [3.05, 3.63) is 27.7 Å². The Kier molecular flexibility index (Phi) is 4.88. The number of urea groups is 1. The fourth-order valence-corrected chi connectivity index (χ4v) is 2.69. The molecule has 0 aliphatic heterocycles. The fraction of sp³-hybridized carbons (Fsp3) is 0.385. The van der Waals surface area contributed by atoms with Crippen LogP contribution >= 0.6 is 27.5 Å². The number of anilines is 1. The number of halogens is 2. The molecule has 1 saturated carbocycles. The number of aliphatic carboxylic acids is 1. The first-order valence-corrected chi connectivity index (χ1v) is 7.38. The second-order valence-corrected chi connectivity index (χ2v) is 6.03. The van der Waals surface area contributed by atoms with Crippen LogP contribution in [0.4, 0.5) is 10.5 Å². The molecule has 20 heavy (non-hydrogen) atoms. The molecule has 2 atom stereocenters. The summed E-state index contributed by atoms with van der Waals surface area (Å²) >= 11 is 9.21. The van der Waals surface area contributed by atoms with Crippen LogP contribution in [0.5, 0.6) is 0 Å². The second kappa shape index (κ2) is 6.45. The third kappa shape index (κ3) is 3.86. The lowest BCUT2D eigenvalue weighted by Crippen LogP contribution is -2.36. The number of carboxylic acid groups (broad SMARTS) is 1. The Hall–Kier alpha value is -1.27. The zero-order valence-electron chi connectivity index (χ0n) is 10.5. The van der Waals surface area contributed by atoms with Gasteiger partial charge in [0.1, 0.15) is 0 Å². The number of carboxylic acids is 1. The smallest absolute Gasteiger partial charge is 0.319 e. The van der Waals surface area contributed by atoms with Gasteiger partial charge in [-0.15, -0.1) is 0 Å². The van der Waals surface area contributed by atoms with Gasteiger partial charge in [-0.1, -0.05) is 11.6 Å². The van der Waals surface area contributed by atoms with E-state index in [1.165, 1.54) is 0 Å². The van der Waals surface area contributed by atoms with Gasteiger partial charge in [0.05, 0.1) is 10.9 Å². The van der Waals surface area contributed by atoms with Gasteiger partial charge in [-0.3, -0.25) is 4.79 Å². The van der Waals surface area contributed by atoms with E-state index in [1.807, 2.05) is 0 Å². The van der Waals surface area contributed by atoms with Gasteiger partial charge in [0.15, 0.2) is 0 Å². The van der Waals surface area contributed by atoms with Crippen molar-refractivity contribution in [2.24, 2.45) is 5.92 Å². The lowest BCUT2D eigenvalue weighted by Gasteiger charge is -2.13. The molecule has 1 fully saturated rings. The molecule has 1 aliphatic carbocycles. The zero-order chi connectivity index (χ0) is 14.7. The maximum absolute atomic E-state index is 11.8. The van der Waals surface area contributed by atoms with Crippen molar-refractivity contribution in [3.8, 4) is 0 Å². The molecule has 0 aromatic heterocycles. The summed E-state index contributed by atoms with van der Waals surface area (Å²) in [5.41, 5.74) is 0.587. The highest BCUT2D eigenvalue weighted by atomic mass is 79.9. The summed E-state index contributed by atoms with van der Waals surface area (Å²) in [5.74, 6) is -1.16. The van der Waals surface area contributed by atoms with Gasteiger partial charge in [0, 0.05) is 16.2 Å². The van der Waals surface area contributed by atoms with Crippen molar-refractivity contribution < 1.29 is 14.7 Å². The number of nitrogens with one attached hydrogen (secondary N) is 2. The number of rotatable bonds is 3. The summed E-state index contributed by atoms with van der Waals surface area (Å²) in [4.78, 5) is 22.7. The zero-order valence-corrected chi connectivity index (χ0v) is 12.9. The standard InChI is InChI=1S/C13H14BrClN2O3/c14-10-4-3-9(6-11(10)15)17-13(20)16-8-2-1-7(5-8)12(18)19/h3-4,6-8H,1-2,5H2,(H,18,19)(H2,16,17,20). The minimum atomic E-state index is -0.797. The summed E-state index contributed by atoms with van der Waals surface area (Å²) in [6.07, 6.45) is 1.76. The SMILES string of the molecule is O=C(Nc1ccc(Br)c(Cl)c1)NC1CCC(C(=O)O)C1. The Bertz CT molecular complexity index is 538. The topological polar surface area (TPSA) is 78.4 Å². The lowest BCUT2D eigenvalue weighted by molar-refractivity contribution is -0.141. The molecule has 0 radical (unpaired) electrons. The normalized spacial score (nSPS) is 21.5. The van der Waals surface area contributed by atoms with Crippen LogP contribution in [-0.2, 0) is 4.79 Å². The number of carbonyl (C=O) groups excluding carboxylic acids is 1. The average molecular weight is 362 g/mol. The molecular formula is C13H14BrClN2O3. The molecule has 0 saturated heterocycles. The van der Waals surface area contributed by atoms with Crippen molar-refractivity contribution in [1.29, 1.82) is 0 Å². The van der Waals surface area contributed by atoms with Crippen LogP contribution in [-0.4, -0.2) is 23.1 Å². The van der Waals surface area contributed by atoms with E-state index in [0.29, 0.717) is 30.0 Å². The molecule has 108 valence electrons. The second-order valence-electron chi connectivity index (χ2n) is 4.77. The fourth-order valence-electron chi connectivity index (χ4n) is 2.26. The molecule has 2 rings (SSSR count). The molecule has 1 aliphatic rings. The first-order valence-electron chi connectivity index (χ1n) is 6.21. The molecule has 2 unspecified atom stereocenters. The van der Waals surface area contributed by atoms with Crippen LogP contribution in [0.1, 0.15) is 19.3 Å². The van der Waals surface area contributed by atoms with Crippen LogP contribution < -0.4 is 10.6 Å². The molecule has 0 bridgehead atoms. The lowest BCUT2D eigenvalue weighted by atomic mass is 10.1. The van der Waals surface area contributed by atoms with Gasteiger partial charge in [0.2, 0.25) is 0 Å². The summed E-state index contributed by atoms with van der Waals surface area (Å²) in [6.45, 7) is 0. The van der Waals surface area contributed by atoms with Crippen molar-refractivity contribution in [1.82, 2.24) is 5.32 Å². The first-order chi connectivity index (χ1) is 9.45. The van der Waals surface area contributed by atoms with E-state index in [0.717, 1.165) is 4.47 Å². The molecular weight excluding hydrogens is 348 g/mol. The molecule has 0 spiro atoms. The molecule has 5 nitrogen and oxygen atoms in total. The van der Waals surface area contributed by atoms with E-state index in [4.69, 9.17) is 16.7 Å². The predicted molar refractivity (Wildman–Crippen MR) is 80.1 cm³/mol. The summed E-state index contributed by atoms with van der Waals surface area (Å²) < 4.78 is 0.755. The van der Waals surface area contributed by atoms with Crippen molar-refractivity contribution >= 4 is 45.2 Å². The van der Waals surface area contributed by atoms with E-state index in [2.05, 4.69) is 26.6 Å². The van der Waals surface area contributed by atoms with Crippen LogP contribution in [0.3, 0.4) is 0 Å². The molecule has 7 heteroatoms. The van der Waals surface area contributed by atoms with Crippen LogP contribution in [0.15, 0.2) is 22.7 Å². The Balaban J connectivity index is 1.87. The maximum atomic E-state index is 11.8. The number of benzene rings is 1. The number of amides is 2. The van der Waals surface area contributed by atoms with Gasteiger partial charge in [-0.25, -0.2) is 4.79 Å². The molecule has 2 amide bonds. The maximum Gasteiger partial charge on any atom is 0.319 e. The van der Waals surface area contributed by atoms with E-state index in [9.17, 15) is 9.59 Å². The van der Waals surface area contributed by atoms with E-state index >= 15 is 0 Å². The number of hydrogen-bond donors (Lipinski definition) is 3. The Labute approximate surface area is 129 Å². The summed E-state index contributed by atoms with van der Waals surface area (Å²) in [6, 6.07) is 4.67. The Morgan fingerprint density at radius 3 is 2.70 bits per heavy atom. The van der Waals surface area contributed by atoms with E-state index in [-0.39, 0.29) is 18.0 Å². The minimum Gasteiger partial charge on any atom is -0.481 e. The first kappa shape index (κ1) is 15.1. The average Bonchev–Trinajstić information content (AvgIpc) is 2.82. The Morgan fingerprint density at radius 2 is 2.10 bits per heavy atom. The molecule has 3 N–H and O–H groups in total. The van der Waals surface area contributed by atoms with Crippen molar-refractivity contribution in [2.45, 2.75) is 25.3 Å². The molecule has 0 heterocycles. The van der Waals surface area contributed by atoms with Gasteiger partial charge < -0.3 is 15.7 Å². The van der Waals surface area contributed by atoms with E-state index < -0.39 is 5.97 Å². The predicted octanol–water partition coefficient (Wildman–Crippen LogP) is 3.48. The monoisotopic (exact) mass is 360 g/mol. The summed E-state index contributed by atoms with van der Waals surface area (Å²) in [5, 5.41) is 14.9. The minimum absolute atomic E-state index is 0.0954. The van der Waals surface area contributed by atoms with Crippen molar-refractivity contribution in [3.63, 3.8) is 0 Å². The number of hydrogen-bond acceptors (Lipinski definition) is 2. The van der Waals surface area contributed by atoms with Crippen LogP contribution in [0.2, 0.25) is 5.02 Å². The quantitative estimate of drug-likeness (QED) is 0.771. The van der Waals surface area contributed by atoms with Crippen LogP contribution in [0.25, 0.3) is 0 Å². The molecule has 1 aromatic rings. The molecule has 1 aromatic carbocycles. The Morgan fingerprint density at radius 1 is 1.35 bits per heavy atom. The van der Waals surface area contributed by atoms with E-state index in [1.54, 1.807) is 18.2 Å². The van der Waals surface area contributed by atoms with Gasteiger partial charge in [-0.05, 0) is 53.4 Å². The third-order valence-electron chi connectivity index (χ3n) is 3.29. The highest BCUT2D eigenvalue weighted by Gasteiger charge is 2.30. The van der Waals surface area contributed by atoms with Crippen molar-refractivity contribution in [2.75, 3.05) is 5.32 Å². The number of carbonyl (C=O) groups is 2.